The Morgan fingerprint density at radius 3 is 2.48 bits per heavy atom. The van der Waals surface area contributed by atoms with Gasteiger partial charge in [0.25, 0.3) is 11.8 Å². The van der Waals surface area contributed by atoms with Crippen molar-refractivity contribution in [3.05, 3.63) is 53.1 Å². The van der Waals surface area contributed by atoms with Gasteiger partial charge in [-0.2, -0.15) is 0 Å². The van der Waals surface area contributed by atoms with Gasteiger partial charge in [-0.1, -0.05) is 12.1 Å². The smallest absolute Gasteiger partial charge is 0.261 e. The topological polar surface area (TPSA) is 95.2 Å². The van der Waals surface area contributed by atoms with Gasteiger partial charge < -0.3 is 10.3 Å². The molecule has 1 aliphatic heterocycles. The number of nitrogens with zero attached hydrogens (tertiary/aromatic N) is 2. The first kappa shape index (κ1) is 16.9. The zero-order valence-electron chi connectivity index (χ0n) is 14.0. The molecule has 0 radical (unpaired) electrons. The number of amides is 3. The van der Waals surface area contributed by atoms with Crippen molar-refractivity contribution in [2.24, 2.45) is 0 Å². The van der Waals surface area contributed by atoms with Crippen LogP contribution in [-0.4, -0.2) is 45.7 Å². The molecular formula is C18H20N4O3. The van der Waals surface area contributed by atoms with Gasteiger partial charge in [0.2, 0.25) is 5.91 Å². The van der Waals surface area contributed by atoms with E-state index >= 15 is 0 Å². The monoisotopic (exact) mass is 340 g/mol. The molecule has 0 unspecified atom stereocenters. The molecule has 7 nitrogen and oxygen atoms in total. The summed E-state index contributed by atoms with van der Waals surface area (Å²) in [5.74, 6) is 0.196. The van der Waals surface area contributed by atoms with Crippen molar-refractivity contribution in [2.45, 2.75) is 26.2 Å². The van der Waals surface area contributed by atoms with Crippen LogP contribution in [0.1, 0.15) is 45.1 Å². The molecule has 1 aromatic heterocycles. The van der Waals surface area contributed by atoms with Crippen LogP contribution in [0.25, 0.3) is 0 Å². The van der Waals surface area contributed by atoms with Crippen LogP contribution < -0.4 is 5.32 Å². The summed E-state index contributed by atoms with van der Waals surface area (Å²) in [5, 5.41) is 2.83. The second-order valence-electron chi connectivity index (χ2n) is 6.00. The maximum absolute atomic E-state index is 12.2. The number of aromatic nitrogens is 2. The number of nitrogens with one attached hydrogen (secondary N) is 2. The van der Waals surface area contributed by atoms with Crippen LogP contribution in [0.4, 0.5) is 0 Å². The van der Waals surface area contributed by atoms with Gasteiger partial charge in [0, 0.05) is 37.8 Å². The fourth-order valence-electron chi connectivity index (χ4n) is 2.86. The number of aryl methyl sites for hydroxylation is 1. The van der Waals surface area contributed by atoms with E-state index in [0.717, 1.165) is 11.5 Å². The average molecular weight is 340 g/mol. The minimum atomic E-state index is -0.282. The molecule has 2 N–H and O–H groups in total. The van der Waals surface area contributed by atoms with Crippen LogP contribution >= 0.6 is 0 Å². The largest absolute Gasteiger partial charge is 0.356 e. The van der Waals surface area contributed by atoms with Crippen LogP contribution in [0.2, 0.25) is 0 Å². The number of H-pyrrole nitrogens is 1. The number of imidazole rings is 1. The van der Waals surface area contributed by atoms with Crippen molar-refractivity contribution in [2.75, 3.05) is 13.1 Å². The molecule has 1 aliphatic rings. The Morgan fingerprint density at radius 2 is 1.88 bits per heavy atom. The van der Waals surface area contributed by atoms with Crippen molar-refractivity contribution in [1.29, 1.82) is 0 Å². The molecule has 2 heterocycles. The molecule has 0 spiro atoms. The Kier molecular flexibility index (Phi) is 4.92. The summed E-state index contributed by atoms with van der Waals surface area (Å²) in [6.45, 7) is 2.65. The highest BCUT2D eigenvalue weighted by Crippen LogP contribution is 2.22. The molecule has 7 heteroatoms. The van der Waals surface area contributed by atoms with E-state index in [-0.39, 0.29) is 30.7 Å². The summed E-state index contributed by atoms with van der Waals surface area (Å²) < 4.78 is 0. The molecule has 0 fully saturated rings. The highest BCUT2D eigenvalue weighted by atomic mass is 16.2. The predicted molar refractivity (Wildman–Crippen MR) is 91.1 cm³/mol. The molecule has 25 heavy (non-hydrogen) atoms. The summed E-state index contributed by atoms with van der Waals surface area (Å²) in [6, 6.07) is 6.78. The van der Waals surface area contributed by atoms with Crippen molar-refractivity contribution >= 4 is 17.7 Å². The number of aromatic amines is 1. The van der Waals surface area contributed by atoms with Gasteiger partial charge in [0.05, 0.1) is 11.1 Å². The van der Waals surface area contributed by atoms with Crippen LogP contribution in [0.5, 0.6) is 0 Å². The van der Waals surface area contributed by atoms with Crippen LogP contribution in [0.15, 0.2) is 30.5 Å². The van der Waals surface area contributed by atoms with Crippen molar-refractivity contribution in [3.63, 3.8) is 0 Å². The highest BCUT2D eigenvalue weighted by Gasteiger charge is 2.34. The minimum Gasteiger partial charge on any atom is -0.356 e. The Bertz CT molecular complexity index is 777. The summed E-state index contributed by atoms with van der Waals surface area (Å²) in [6.07, 6.45) is 3.16. The molecule has 0 aliphatic carbocycles. The van der Waals surface area contributed by atoms with E-state index in [0.29, 0.717) is 30.5 Å². The number of benzene rings is 1. The first-order valence-electron chi connectivity index (χ1n) is 8.28. The van der Waals surface area contributed by atoms with E-state index in [1.807, 2.05) is 6.92 Å². The van der Waals surface area contributed by atoms with Crippen molar-refractivity contribution in [3.8, 4) is 0 Å². The minimum absolute atomic E-state index is 0.0900. The van der Waals surface area contributed by atoms with Gasteiger partial charge in [-0.05, 0) is 25.5 Å². The zero-order valence-corrected chi connectivity index (χ0v) is 14.0. The van der Waals surface area contributed by atoms with Crippen molar-refractivity contribution in [1.82, 2.24) is 20.2 Å². The number of carbonyl (C=O) groups is 3. The SMILES string of the molecule is Cc1ncc(CCNC(=O)CCCN2C(=O)c3ccccc3C2=O)[nH]1. The van der Waals surface area contributed by atoms with Crippen molar-refractivity contribution < 1.29 is 14.4 Å². The second kappa shape index (κ2) is 7.29. The lowest BCUT2D eigenvalue weighted by Gasteiger charge is -2.13. The molecule has 0 saturated carbocycles. The molecule has 3 amide bonds. The lowest BCUT2D eigenvalue weighted by atomic mass is 10.1. The first-order valence-corrected chi connectivity index (χ1v) is 8.28. The van der Waals surface area contributed by atoms with Gasteiger partial charge in [0.15, 0.2) is 0 Å². The summed E-state index contributed by atoms with van der Waals surface area (Å²) >= 11 is 0. The standard InChI is InChI=1S/C18H20N4O3/c1-12-20-11-13(21-12)8-9-19-16(23)7-4-10-22-17(24)14-5-2-3-6-15(14)18(22)25/h2-3,5-6,11H,4,7-10H2,1H3,(H,19,23)(H,20,21). The van der Waals surface area contributed by atoms with E-state index in [4.69, 9.17) is 0 Å². The second-order valence-corrected chi connectivity index (χ2v) is 6.00. The zero-order chi connectivity index (χ0) is 17.8. The van der Waals surface area contributed by atoms with Crippen LogP contribution in [0.3, 0.4) is 0 Å². The average Bonchev–Trinajstić information content (AvgIpc) is 3.12. The number of rotatable bonds is 7. The summed E-state index contributed by atoms with van der Waals surface area (Å²) in [5.41, 5.74) is 1.85. The third-order valence-electron chi connectivity index (χ3n) is 4.14. The van der Waals surface area contributed by atoms with Crippen LogP contribution in [0, 0.1) is 6.92 Å². The highest BCUT2D eigenvalue weighted by molar-refractivity contribution is 6.21. The van der Waals surface area contributed by atoms with E-state index in [2.05, 4.69) is 15.3 Å². The molecule has 3 rings (SSSR count). The van der Waals surface area contributed by atoms with E-state index in [1.54, 1.807) is 30.5 Å². The summed E-state index contributed by atoms with van der Waals surface area (Å²) in [4.78, 5) is 44.7. The molecular weight excluding hydrogens is 320 g/mol. The number of fused-ring (bicyclic) bond motifs is 1. The normalized spacial score (nSPS) is 13.2. The maximum atomic E-state index is 12.2. The number of hydrogen-bond donors (Lipinski definition) is 2. The predicted octanol–water partition coefficient (Wildman–Crippen LogP) is 1.45. The molecule has 0 bridgehead atoms. The Hall–Kier alpha value is -2.96. The van der Waals surface area contributed by atoms with E-state index in [1.165, 1.54) is 4.90 Å². The maximum Gasteiger partial charge on any atom is 0.261 e. The van der Waals surface area contributed by atoms with Gasteiger partial charge >= 0.3 is 0 Å². The molecule has 0 atom stereocenters. The van der Waals surface area contributed by atoms with Gasteiger partial charge in [-0.25, -0.2) is 4.98 Å². The van der Waals surface area contributed by atoms with Gasteiger partial charge in [0.1, 0.15) is 5.82 Å². The van der Waals surface area contributed by atoms with Gasteiger partial charge in [-0.3, -0.25) is 19.3 Å². The molecule has 0 saturated heterocycles. The Labute approximate surface area is 145 Å². The number of hydrogen-bond acceptors (Lipinski definition) is 4. The quantitative estimate of drug-likeness (QED) is 0.746. The number of imide groups is 1. The molecule has 130 valence electrons. The Morgan fingerprint density at radius 1 is 1.20 bits per heavy atom. The van der Waals surface area contributed by atoms with Crippen LogP contribution in [-0.2, 0) is 11.2 Å². The third kappa shape index (κ3) is 3.76. The molecule has 1 aromatic carbocycles. The Balaban J connectivity index is 1.40. The van der Waals surface area contributed by atoms with E-state index in [9.17, 15) is 14.4 Å². The lowest BCUT2D eigenvalue weighted by Crippen LogP contribution is -2.32. The number of carbonyl (C=O) groups excluding carboxylic acids is 3. The third-order valence-corrected chi connectivity index (χ3v) is 4.14. The summed E-state index contributed by atoms with van der Waals surface area (Å²) in [7, 11) is 0. The van der Waals surface area contributed by atoms with E-state index < -0.39 is 0 Å². The first-order chi connectivity index (χ1) is 12.1. The molecule has 2 aromatic rings. The lowest BCUT2D eigenvalue weighted by molar-refractivity contribution is -0.121. The fourth-order valence-corrected chi connectivity index (χ4v) is 2.86. The fraction of sp³-hybridized carbons (Fsp3) is 0.333. The van der Waals surface area contributed by atoms with Gasteiger partial charge in [-0.15, -0.1) is 0 Å².